The van der Waals surface area contributed by atoms with E-state index in [2.05, 4.69) is 16.8 Å². The van der Waals surface area contributed by atoms with E-state index in [1.54, 1.807) is 13.8 Å². The molecule has 0 atom stereocenters. The van der Waals surface area contributed by atoms with Gasteiger partial charge in [-0.25, -0.2) is 9.59 Å². The zero-order valence-corrected chi connectivity index (χ0v) is 21.8. The van der Waals surface area contributed by atoms with Crippen LogP contribution >= 0.6 is 0 Å². The van der Waals surface area contributed by atoms with Gasteiger partial charge in [0, 0.05) is 12.2 Å². The van der Waals surface area contributed by atoms with Gasteiger partial charge in [-0.1, -0.05) is 110 Å². The molecule has 0 aromatic rings. The van der Waals surface area contributed by atoms with Crippen molar-refractivity contribution in [3.8, 4) is 0 Å². The van der Waals surface area contributed by atoms with Crippen molar-refractivity contribution in [3.63, 3.8) is 0 Å². The molecular weight excluding hydrogens is 420 g/mol. The summed E-state index contributed by atoms with van der Waals surface area (Å²) in [5.41, 5.74) is -0.560. The number of hydrogen-bond donors (Lipinski definition) is 0. The highest BCUT2D eigenvalue weighted by molar-refractivity contribution is 5.91. The average molecular weight is 471 g/mol. The Balaban J connectivity index is 3.40. The maximum absolute atomic E-state index is 11.6. The normalized spacial score (nSPS) is 11.8. The van der Waals surface area contributed by atoms with Crippen LogP contribution in [0, 0.1) is 0 Å². The van der Waals surface area contributed by atoms with Crippen LogP contribution in [-0.2, 0) is 29.1 Å². The van der Waals surface area contributed by atoms with Gasteiger partial charge in [-0.15, -0.1) is 0 Å². The summed E-state index contributed by atoms with van der Waals surface area (Å²) in [6.07, 6.45) is 23.5. The Hall–Kier alpha value is -1.40. The van der Waals surface area contributed by atoms with Crippen LogP contribution < -0.4 is 0 Å². The molecule has 0 unspecified atom stereocenters. The van der Waals surface area contributed by atoms with Gasteiger partial charge in [0.05, 0.1) is 6.61 Å². The summed E-state index contributed by atoms with van der Waals surface area (Å²) in [4.78, 5) is 32.4. The zero-order chi connectivity index (χ0) is 24.6. The van der Waals surface area contributed by atoms with Gasteiger partial charge < -0.3 is 4.74 Å². The second-order valence-corrected chi connectivity index (χ2v) is 9.47. The minimum atomic E-state index is -0.832. The number of hydrogen-bond acceptors (Lipinski definition) is 6. The van der Waals surface area contributed by atoms with Crippen molar-refractivity contribution >= 4 is 11.9 Å². The standard InChI is InChI=1S/C27H50O6/c1-5-7-8-9-10-11-12-13-14-15-16-17-18-19-20-21-24-30-25(28)22-23-26(29)31-33-32-27(3,4)6-2/h22-23H,5-21,24H2,1-4H3/b23-22+. The number of esters is 1. The lowest BCUT2D eigenvalue weighted by Gasteiger charge is -2.19. The SMILES string of the molecule is CCCCCCCCCCCCCCCCCCOC(=O)/C=C/C(=O)OOOC(C)(C)CC. The molecule has 0 aliphatic carbocycles. The van der Waals surface area contributed by atoms with Crippen molar-refractivity contribution in [2.24, 2.45) is 0 Å². The zero-order valence-electron chi connectivity index (χ0n) is 21.8. The summed E-state index contributed by atoms with van der Waals surface area (Å²) < 4.78 is 5.08. The van der Waals surface area contributed by atoms with Crippen molar-refractivity contribution in [2.75, 3.05) is 6.61 Å². The van der Waals surface area contributed by atoms with E-state index in [0.29, 0.717) is 13.0 Å². The smallest absolute Gasteiger partial charge is 0.369 e. The third-order valence-corrected chi connectivity index (χ3v) is 5.82. The fourth-order valence-electron chi connectivity index (χ4n) is 3.24. The number of carbonyl (C=O) groups is 2. The molecule has 33 heavy (non-hydrogen) atoms. The molecule has 0 aromatic carbocycles. The van der Waals surface area contributed by atoms with Gasteiger partial charge in [-0.05, 0) is 31.7 Å². The van der Waals surface area contributed by atoms with Gasteiger partial charge in [-0.2, -0.15) is 4.89 Å². The Morgan fingerprint density at radius 2 is 1.06 bits per heavy atom. The van der Waals surface area contributed by atoms with Gasteiger partial charge in [0.1, 0.15) is 5.60 Å². The molecule has 6 nitrogen and oxygen atoms in total. The van der Waals surface area contributed by atoms with E-state index >= 15 is 0 Å². The lowest BCUT2D eigenvalue weighted by Crippen LogP contribution is -2.24. The van der Waals surface area contributed by atoms with Crippen LogP contribution in [0.25, 0.3) is 0 Å². The summed E-state index contributed by atoms with van der Waals surface area (Å²) >= 11 is 0. The van der Waals surface area contributed by atoms with E-state index < -0.39 is 17.5 Å². The maximum atomic E-state index is 11.6. The molecule has 0 saturated carbocycles. The number of ether oxygens (including phenoxy) is 1. The monoisotopic (exact) mass is 470 g/mol. The molecule has 0 spiro atoms. The predicted molar refractivity (Wildman–Crippen MR) is 132 cm³/mol. The van der Waals surface area contributed by atoms with E-state index in [0.717, 1.165) is 25.0 Å². The molecule has 0 N–H and O–H groups in total. The minimum Gasteiger partial charge on any atom is -0.463 e. The lowest BCUT2D eigenvalue weighted by molar-refractivity contribution is -0.515. The molecule has 0 saturated heterocycles. The topological polar surface area (TPSA) is 71.1 Å². The van der Waals surface area contributed by atoms with Gasteiger partial charge in [0.25, 0.3) is 0 Å². The first-order valence-electron chi connectivity index (χ1n) is 13.3. The van der Waals surface area contributed by atoms with Crippen molar-refractivity contribution in [1.29, 1.82) is 0 Å². The van der Waals surface area contributed by atoms with Gasteiger partial charge in [-0.3, -0.25) is 4.89 Å². The van der Waals surface area contributed by atoms with Crippen molar-refractivity contribution < 1.29 is 29.1 Å². The highest BCUT2D eigenvalue weighted by Crippen LogP contribution is 2.14. The van der Waals surface area contributed by atoms with Crippen LogP contribution in [-0.4, -0.2) is 24.1 Å². The van der Waals surface area contributed by atoms with Crippen LogP contribution in [0.5, 0.6) is 0 Å². The quantitative estimate of drug-likeness (QED) is 0.0496. The van der Waals surface area contributed by atoms with Gasteiger partial charge in [0.15, 0.2) is 0 Å². The number of rotatable bonds is 23. The average Bonchev–Trinajstić information content (AvgIpc) is 2.79. The molecule has 0 aliphatic heterocycles. The summed E-state index contributed by atoms with van der Waals surface area (Å²) in [7, 11) is 0. The summed E-state index contributed by atoms with van der Waals surface area (Å²) in [5, 5.41) is 4.43. The molecular formula is C27H50O6. The van der Waals surface area contributed by atoms with Crippen LogP contribution in [0.4, 0.5) is 0 Å². The van der Waals surface area contributed by atoms with Crippen molar-refractivity contribution in [3.05, 3.63) is 12.2 Å². The lowest BCUT2D eigenvalue weighted by atomic mass is 10.0. The van der Waals surface area contributed by atoms with Crippen LogP contribution in [0.15, 0.2) is 12.2 Å². The van der Waals surface area contributed by atoms with Crippen LogP contribution in [0.2, 0.25) is 0 Å². The molecule has 194 valence electrons. The van der Waals surface area contributed by atoms with Crippen molar-refractivity contribution in [2.45, 2.75) is 142 Å². The Kier molecular flexibility index (Phi) is 21.4. The Labute approximate surface area is 202 Å². The van der Waals surface area contributed by atoms with E-state index in [1.165, 1.54) is 89.9 Å². The number of carbonyl (C=O) groups excluding carboxylic acids is 2. The highest BCUT2D eigenvalue weighted by atomic mass is 17.5. The second kappa shape index (κ2) is 22.4. The van der Waals surface area contributed by atoms with Gasteiger partial charge >= 0.3 is 11.9 Å². The van der Waals surface area contributed by atoms with Crippen LogP contribution in [0.1, 0.15) is 137 Å². The summed E-state index contributed by atoms with van der Waals surface area (Å²) in [5.74, 6) is -1.40. The molecule has 0 rings (SSSR count). The van der Waals surface area contributed by atoms with E-state index in [1.807, 2.05) is 6.92 Å². The predicted octanol–water partition coefficient (Wildman–Crippen LogP) is 7.94. The molecule has 6 heteroatoms. The first-order valence-corrected chi connectivity index (χ1v) is 13.3. The first kappa shape index (κ1) is 31.6. The fourth-order valence-corrected chi connectivity index (χ4v) is 3.24. The Morgan fingerprint density at radius 1 is 0.636 bits per heavy atom. The third-order valence-electron chi connectivity index (χ3n) is 5.82. The first-order chi connectivity index (χ1) is 15.9. The largest absolute Gasteiger partial charge is 0.463 e. The molecule has 0 radical (unpaired) electrons. The Morgan fingerprint density at radius 3 is 1.52 bits per heavy atom. The van der Waals surface area contributed by atoms with E-state index in [-0.39, 0.29) is 0 Å². The van der Waals surface area contributed by atoms with Gasteiger partial charge in [0.2, 0.25) is 0 Å². The second-order valence-electron chi connectivity index (χ2n) is 9.47. The van der Waals surface area contributed by atoms with Crippen molar-refractivity contribution in [1.82, 2.24) is 0 Å². The maximum Gasteiger partial charge on any atom is 0.369 e. The highest BCUT2D eigenvalue weighted by Gasteiger charge is 2.18. The third kappa shape index (κ3) is 23.6. The summed E-state index contributed by atoms with van der Waals surface area (Å²) in [6.45, 7) is 8.14. The van der Waals surface area contributed by atoms with Crippen LogP contribution in [0.3, 0.4) is 0 Å². The van der Waals surface area contributed by atoms with E-state index in [9.17, 15) is 9.59 Å². The molecule has 0 amide bonds. The molecule has 0 fully saturated rings. The number of unbranched alkanes of at least 4 members (excludes halogenated alkanes) is 15. The Bertz CT molecular complexity index is 501. The molecule has 0 aliphatic rings. The summed E-state index contributed by atoms with van der Waals surface area (Å²) in [6, 6.07) is 0. The molecule has 0 heterocycles. The molecule has 0 aromatic heterocycles. The fraction of sp³-hybridized carbons (Fsp3) is 0.852. The minimum absolute atomic E-state index is 0.362. The molecule has 0 bridgehead atoms. The van der Waals surface area contributed by atoms with E-state index in [4.69, 9.17) is 9.62 Å².